The van der Waals surface area contributed by atoms with Gasteiger partial charge in [-0.15, -0.1) is 0 Å². The highest BCUT2D eigenvalue weighted by Crippen LogP contribution is 2.38. The molecule has 2 heterocycles. The second-order valence-electron chi connectivity index (χ2n) is 5.37. The fraction of sp³-hybridized carbons (Fsp3) is 0.250. The smallest absolute Gasteiger partial charge is 0.280 e. The molecule has 4 nitrogen and oxygen atoms in total. The zero-order chi connectivity index (χ0) is 14.4. The molecule has 0 atom stereocenters. The Balaban J connectivity index is 2.25. The quantitative estimate of drug-likeness (QED) is 0.877. The van der Waals surface area contributed by atoms with E-state index in [1.165, 1.54) is 0 Å². The van der Waals surface area contributed by atoms with E-state index < -0.39 is 0 Å². The standard InChI is InChI=1S/C16H16N2O2/c1-8(2)13-11-12(16(20)17-13)14(18-15(11)19)10-7-5-4-6-9(10)3/h4-8,18-19H,1-3H3. The summed E-state index contributed by atoms with van der Waals surface area (Å²) in [4.78, 5) is 19.2. The van der Waals surface area contributed by atoms with Crippen LogP contribution in [0, 0.1) is 12.8 Å². The predicted molar refractivity (Wildman–Crippen MR) is 78.3 cm³/mol. The lowest BCUT2D eigenvalue weighted by molar-refractivity contribution is 0.101. The van der Waals surface area contributed by atoms with Crippen molar-refractivity contribution in [3.8, 4) is 17.1 Å². The summed E-state index contributed by atoms with van der Waals surface area (Å²) < 4.78 is 0. The molecule has 1 aromatic carbocycles. The Morgan fingerprint density at radius 1 is 1.20 bits per heavy atom. The van der Waals surface area contributed by atoms with Crippen LogP contribution in [0.5, 0.6) is 5.88 Å². The molecule has 0 unspecified atom stereocenters. The molecule has 1 aliphatic rings. The molecule has 0 fully saturated rings. The number of nitrogens with one attached hydrogen (secondary N) is 1. The molecule has 0 spiro atoms. The molecule has 1 aromatic heterocycles. The van der Waals surface area contributed by atoms with Gasteiger partial charge in [0.2, 0.25) is 0 Å². The first kappa shape index (κ1) is 12.7. The van der Waals surface area contributed by atoms with Gasteiger partial charge in [0.1, 0.15) is 0 Å². The number of rotatable bonds is 2. The van der Waals surface area contributed by atoms with Crippen molar-refractivity contribution in [3.05, 3.63) is 41.0 Å². The van der Waals surface area contributed by atoms with Gasteiger partial charge in [-0.25, -0.2) is 4.99 Å². The molecule has 0 bridgehead atoms. The SMILES string of the molecule is Cc1ccccc1-c1[nH]c(O)c2c1C(=O)N=C2C(C)C. The predicted octanol–water partition coefficient (Wildman–Crippen LogP) is 3.29. The fourth-order valence-electron chi connectivity index (χ4n) is 2.64. The molecule has 4 heteroatoms. The van der Waals surface area contributed by atoms with Crippen LogP contribution < -0.4 is 0 Å². The summed E-state index contributed by atoms with van der Waals surface area (Å²) in [6.07, 6.45) is 0. The maximum atomic E-state index is 12.2. The average molecular weight is 268 g/mol. The van der Waals surface area contributed by atoms with Crippen LogP contribution in [0.15, 0.2) is 29.3 Å². The maximum Gasteiger partial charge on any atom is 0.280 e. The van der Waals surface area contributed by atoms with Crippen LogP contribution >= 0.6 is 0 Å². The minimum Gasteiger partial charge on any atom is -0.494 e. The van der Waals surface area contributed by atoms with Crippen LogP contribution in [0.2, 0.25) is 0 Å². The summed E-state index contributed by atoms with van der Waals surface area (Å²) in [6, 6.07) is 7.76. The Labute approximate surface area is 117 Å². The molecule has 102 valence electrons. The lowest BCUT2D eigenvalue weighted by atomic mass is 9.97. The molecular weight excluding hydrogens is 252 g/mol. The van der Waals surface area contributed by atoms with E-state index in [1.54, 1.807) is 0 Å². The van der Waals surface area contributed by atoms with Crippen LogP contribution in [0.25, 0.3) is 11.3 Å². The minimum atomic E-state index is -0.279. The van der Waals surface area contributed by atoms with Gasteiger partial charge in [0.05, 0.1) is 22.5 Å². The third kappa shape index (κ3) is 1.68. The number of hydrogen-bond donors (Lipinski definition) is 2. The average Bonchev–Trinajstić information content (AvgIpc) is 2.90. The van der Waals surface area contributed by atoms with Crippen molar-refractivity contribution >= 4 is 11.6 Å². The number of amides is 1. The second-order valence-corrected chi connectivity index (χ2v) is 5.37. The first-order valence-corrected chi connectivity index (χ1v) is 6.65. The van der Waals surface area contributed by atoms with Crippen LogP contribution in [-0.4, -0.2) is 21.7 Å². The zero-order valence-corrected chi connectivity index (χ0v) is 11.7. The van der Waals surface area contributed by atoms with E-state index in [0.717, 1.165) is 11.1 Å². The molecule has 0 saturated heterocycles. The van der Waals surface area contributed by atoms with E-state index in [0.29, 0.717) is 22.5 Å². The topological polar surface area (TPSA) is 65.4 Å². The van der Waals surface area contributed by atoms with Crippen LogP contribution in [0.4, 0.5) is 0 Å². The van der Waals surface area contributed by atoms with E-state index in [1.807, 2.05) is 45.0 Å². The second kappa shape index (κ2) is 4.34. The molecule has 2 N–H and O–H groups in total. The molecule has 0 saturated carbocycles. The molecule has 20 heavy (non-hydrogen) atoms. The van der Waals surface area contributed by atoms with Gasteiger partial charge in [-0.05, 0) is 18.4 Å². The lowest BCUT2D eigenvalue weighted by Gasteiger charge is -2.04. The lowest BCUT2D eigenvalue weighted by Crippen LogP contribution is -2.06. The van der Waals surface area contributed by atoms with Crippen molar-refractivity contribution in [2.45, 2.75) is 20.8 Å². The molecule has 0 aliphatic carbocycles. The van der Waals surface area contributed by atoms with E-state index >= 15 is 0 Å². The van der Waals surface area contributed by atoms with Gasteiger partial charge in [0, 0.05) is 5.56 Å². The van der Waals surface area contributed by atoms with Crippen molar-refractivity contribution in [1.29, 1.82) is 0 Å². The summed E-state index contributed by atoms with van der Waals surface area (Å²) in [5.41, 5.74) is 4.31. The van der Waals surface area contributed by atoms with E-state index in [4.69, 9.17) is 0 Å². The Hall–Kier alpha value is -2.36. The molecule has 1 aliphatic heterocycles. The van der Waals surface area contributed by atoms with Crippen LogP contribution in [-0.2, 0) is 0 Å². The maximum absolute atomic E-state index is 12.2. The number of aliphatic imine (C=N–C) groups is 1. The van der Waals surface area contributed by atoms with Crippen molar-refractivity contribution in [1.82, 2.24) is 4.98 Å². The first-order chi connectivity index (χ1) is 9.50. The normalized spacial score (nSPS) is 13.8. The number of aromatic amines is 1. The summed E-state index contributed by atoms with van der Waals surface area (Å²) >= 11 is 0. The van der Waals surface area contributed by atoms with Gasteiger partial charge in [-0.3, -0.25) is 4.79 Å². The van der Waals surface area contributed by atoms with Gasteiger partial charge in [0.15, 0.2) is 5.88 Å². The third-order valence-electron chi connectivity index (χ3n) is 3.63. The van der Waals surface area contributed by atoms with E-state index in [9.17, 15) is 9.90 Å². The largest absolute Gasteiger partial charge is 0.494 e. The molecule has 1 amide bonds. The van der Waals surface area contributed by atoms with Gasteiger partial charge in [-0.1, -0.05) is 38.1 Å². The zero-order valence-electron chi connectivity index (χ0n) is 11.7. The first-order valence-electron chi connectivity index (χ1n) is 6.65. The molecule has 3 rings (SSSR count). The van der Waals surface area contributed by atoms with Gasteiger partial charge >= 0.3 is 0 Å². The number of hydrogen-bond acceptors (Lipinski definition) is 2. The van der Waals surface area contributed by atoms with Crippen LogP contribution in [0.3, 0.4) is 0 Å². The minimum absolute atomic E-state index is 0.0246. The Morgan fingerprint density at radius 2 is 1.90 bits per heavy atom. The Kier molecular flexibility index (Phi) is 2.74. The van der Waals surface area contributed by atoms with Gasteiger partial charge < -0.3 is 10.1 Å². The highest BCUT2D eigenvalue weighted by atomic mass is 16.3. The van der Waals surface area contributed by atoms with E-state index in [2.05, 4.69) is 9.98 Å². The van der Waals surface area contributed by atoms with Crippen LogP contribution in [0.1, 0.15) is 35.3 Å². The summed E-state index contributed by atoms with van der Waals surface area (Å²) in [6.45, 7) is 5.89. The number of aryl methyl sites for hydroxylation is 1. The fourth-order valence-corrected chi connectivity index (χ4v) is 2.64. The number of carbonyl (C=O) groups excluding carboxylic acids is 1. The van der Waals surface area contributed by atoms with Crippen molar-refractivity contribution < 1.29 is 9.90 Å². The Morgan fingerprint density at radius 3 is 2.55 bits per heavy atom. The van der Waals surface area contributed by atoms with Crippen molar-refractivity contribution in [3.63, 3.8) is 0 Å². The number of carbonyl (C=O) groups is 1. The monoisotopic (exact) mass is 268 g/mol. The number of nitrogens with zero attached hydrogens (tertiary/aromatic N) is 1. The number of aromatic hydroxyl groups is 1. The summed E-state index contributed by atoms with van der Waals surface area (Å²) in [5.74, 6) is -0.165. The van der Waals surface area contributed by atoms with Gasteiger partial charge in [-0.2, -0.15) is 0 Å². The van der Waals surface area contributed by atoms with Crippen molar-refractivity contribution in [2.75, 3.05) is 0 Å². The molecule has 2 aromatic rings. The number of fused-ring (bicyclic) bond motifs is 1. The van der Waals surface area contributed by atoms with E-state index in [-0.39, 0.29) is 17.7 Å². The van der Waals surface area contributed by atoms with Crippen molar-refractivity contribution in [2.24, 2.45) is 10.9 Å². The highest BCUT2D eigenvalue weighted by Gasteiger charge is 2.33. The summed E-state index contributed by atoms with van der Waals surface area (Å²) in [7, 11) is 0. The highest BCUT2D eigenvalue weighted by molar-refractivity contribution is 6.25. The Bertz CT molecular complexity index is 739. The summed E-state index contributed by atoms with van der Waals surface area (Å²) in [5, 5.41) is 10.2. The third-order valence-corrected chi connectivity index (χ3v) is 3.63. The number of H-pyrrole nitrogens is 1. The molecule has 0 radical (unpaired) electrons. The van der Waals surface area contributed by atoms with Gasteiger partial charge in [0.25, 0.3) is 5.91 Å². The number of benzene rings is 1. The number of aromatic nitrogens is 1. The molecular formula is C16H16N2O2.